The molecule has 706 valence electrons. The summed E-state index contributed by atoms with van der Waals surface area (Å²) in [6.07, 6.45) is 3.68. The molecule has 13 heteroatoms. The fourth-order valence-corrected chi connectivity index (χ4v) is 23.4. The Morgan fingerprint density at radius 2 is 0.493 bits per heavy atom. The van der Waals surface area contributed by atoms with Gasteiger partial charge in [-0.15, -0.1) is 47.2 Å². The van der Waals surface area contributed by atoms with Gasteiger partial charge in [0.25, 0.3) is 0 Å². The molecule has 0 atom stereocenters. The minimum Gasteiger partial charge on any atom is -0.351 e. The summed E-state index contributed by atoms with van der Waals surface area (Å²) < 4.78 is 28.4. The molecule has 0 fully saturated rings. The van der Waals surface area contributed by atoms with E-state index in [-0.39, 0.29) is 49.7 Å². The van der Waals surface area contributed by atoms with E-state index in [4.69, 9.17) is 19.9 Å². The van der Waals surface area contributed by atoms with Gasteiger partial charge in [0.1, 0.15) is 23.2 Å². The molecular formula is C137H84F2IrN8O2+. The van der Waals surface area contributed by atoms with E-state index in [9.17, 15) is 18.4 Å². The van der Waals surface area contributed by atoms with Gasteiger partial charge in [-0.1, -0.05) is 290 Å². The van der Waals surface area contributed by atoms with E-state index in [2.05, 4.69) is 432 Å². The predicted molar refractivity (Wildman–Crippen MR) is 617 cm³/mol. The molecule has 150 heavy (non-hydrogen) atoms. The Bertz CT molecular complexity index is 10100. The van der Waals surface area contributed by atoms with E-state index in [1.54, 1.807) is 36.7 Å². The topological polar surface area (TPSA) is 98.7 Å². The van der Waals surface area contributed by atoms with Crippen molar-refractivity contribution >= 4 is 274 Å². The van der Waals surface area contributed by atoms with Gasteiger partial charge in [-0.3, -0.25) is 19.6 Å². The van der Waals surface area contributed by atoms with Crippen LogP contribution >= 0.6 is 0 Å². The quantitative estimate of drug-likeness (QED) is 0.0528. The number of halogens is 2. The minimum absolute atomic E-state index is 0. The van der Waals surface area contributed by atoms with Gasteiger partial charge in [-0.2, -0.15) is 0 Å². The minimum atomic E-state index is -0.296. The van der Waals surface area contributed by atoms with Crippen LogP contribution in [0.1, 0.15) is 20.3 Å². The summed E-state index contributed by atoms with van der Waals surface area (Å²) in [6, 6.07) is 166. The van der Waals surface area contributed by atoms with Crippen molar-refractivity contribution in [3.8, 4) is 22.5 Å². The van der Waals surface area contributed by atoms with E-state index in [0.29, 0.717) is 11.4 Å². The summed E-state index contributed by atoms with van der Waals surface area (Å²) in [7, 11) is 0. The molecule has 0 aliphatic rings. The number of aromatic nitrogens is 4. The van der Waals surface area contributed by atoms with Crippen molar-refractivity contribution in [1.29, 1.82) is 0 Å². The summed E-state index contributed by atoms with van der Waals surface area (Å²) in [5.74, 6) is -0.716. The molecule has 0 amide bonds. The fourth-order valence-electron chi connectivity index (χ4n) is 23.4. The Kier molecular flexibility index (Phi) is 21.8. The number of ketones is 2. The molecule has 2 aromatic heterocycles. The maximum absolute atomic E-state index is 14.2. The number of carbonyl (C=O) groups is 2. The van der Waals surface area contributed by atoms with Crippen LogP contribution in [0.15, 0.2) is 461 Å². The zero-order chi connectivity index (χ0) is 99.3. The third-order valence-electron chi connectivity index (χ3n) is 29.7. The summed E-state index contributed by atoms with van der Waals surface area (Å²) in [6.45, 7) is 2.81. The second-order valence-corrected chi connectivity index (χ2v) is 38.7. The van der Waals surface area contributed by atoms with Crippen LogP contribution in [0.3, 0.4) is 0 Å². The van der Waals surface area contributed by atoms with Gasteiger partial charge in [-0.05, 0) is 300 Å². The third kappa shape index (κ3) is 15.1. The van der Waals surface area contributed by atoms with Crippen LogP contribution in [0.25, 0.3) is 217 Å². The number of para-hydroxylation sites is 4. The summed E-state index contributed by atoms with van der Waals surface area (Å²) >= 11 is 0. The Morgan fingerprint density at radius 3 is 0.773 bits per heavy atom. The smallest absolute Gasteiger partial charge is 0.351 e. The van der Waals surface area contributed by atoms with Gasteiger partial charge in [0.05, 0.1) is 40.2 Å². The maximum atomic E-state index is 14.2. The maximum Gasteiger partial charge on any atom is 3.00 e. The molecule has 0 spiro atoms. The Labute approximate surface area is 873 Å². The van der Waals surface area contributed by atoms with E-state index in [1.165, 1.54) is 167 Å². The Balaban J connectivity index is 0.000000138. The van der Waals surface area contributed by atoms with Gasteiger partial charge < -0.3 is 29.6 Å². The van der Waals surface area contributed by atoms with E-state index in [1.807, 2.05) is 0 Å². The molecular weight excluding hydrogens is 2020 g/mol. The van der Waals surface area contributed by atoms with Crippen molar-refractivity contribution in [3.05, 3.63) is 485 Å². The van der Waals surface area contributed by atoms with Crippen LogP contribution < -0.4 is 19.6 Å². The van der Waals surface area contributed by atoms with Crippen molar-refractivity contribution in [2.24, 2.45) is 0 Å². The molecule has 10 nitrogen and oxygen atoms in total. The van der Waals surface area contributed by atoms with Crippen LogP contribution in [0, 0.1) is 23.8 Å². The molecule has 0 aliphatic heterocycles. The van der Waals surface area contributed by atoms with E-state index in [0.717, 1.165) is 145 Å². The standard InChI is InChI=1S/2C66H38FN4.C5H8O2.Ir/c2*67-47-29-27-40(28-30-47)58-39-68-65-52-33-31-50(70(48-17-3-1-4-18-48)59-35-45-15-7-11-41-23-25-43-13-9-21-54(59)63(43)61(41)45)37-56(52)57-38-51(32-34-53(57)66(65)69-58)71(49-19-5-2-6-20-49)60-36-46-16-8-12-42-24-26-44-14-10-22-55(60)64(44)62(42)46;1-4(6)3-5(2)7;/h2*1-32,34-39H;3H2,1-2H3;/q2*-1;;+3. The second-order valence-electron chi connectivity index (χ2n) is 38.7. The number of hydrogen-bond donors (Lipinski definition) is 0. The molecule has 0 unspecified atom stereocenters. The van der Waals surface area contributed by atoms with Crippen LogP contribution in [0.2, 0.25) is 0 Å². The number of fused-ring (bicyclic) bond motifs is 12. The molecule has 0 radical (unpaired) electrons. The first kappa shape index (κ1) is 89.9. The first-order valence-corrected chi connectivity index (χ1v) is 50.1. The van der Waals surface area contributed by atoms with Gasteiger partial charge in [0, 0.05) is 102 Å². The van der Waals surface area contributed by atoms with E-state index >= 15 is 0 Å². The van der Waals surface area contributed by atoms with Crippen LogP contribution in [-0.4, -0.2) is 31.5 Å². The van der Waals surface area contributed by atoms with Crippen LogP contribution in [0.4, 0.5) is 77.0 Å². The van der Waals surface area contributed by atoms with Crippen molar-refractivity contribution in [2.75, 3.05) is 19.6 Å². The fraction of sp³-hybridized carbons (Fsp3) is 0.0219. The monoisotopic (exact) mass is 2100 g/mol. The first-order chi connectivity index (χ1) is 73.3. The summed E-state index contributed by atoms with van der Waals surface area (Å²) in [5.41, 5.74) is 18.4. The summed E-state index contributed by atoms with van der Waals surface area (Å²) in [5, 5.41) is 37.0. The number of Topliss-reactive ketones (excluding diaryl/α,β-unsaturated/α-hetero) is 2. The van der Waals surface area contributed by atoms with Gasteiger partial charge in [0.2, 0.25) is 0 Å². The number of nitrogens with zero attached hydrogens (tertiary/aromatic N) is 8. The van der Waals surface area contributed by atoms with Gasteiger partial charge in [-0.25, -0.2) is 8.78 Å². The van der Waals surface area contributed by atoms with Gasteiger partial charge >= 0.3 is 20.1 Å². The third-order valence-corrected chi connectivity index (χ3v) is 29.7. The number of benzene rings is 28. The molecule has 0 aliphatic carbocycles. The Hall–Kier alpha value is -18.9. The molecule has 0 bridgehead atoms. The molecule has 0 saturated heterocycles. The largest absolute Gasteiger partial charge is 3.00 e. The van der Waals surface area contributed by atoms with Crippen molar-refractivity contribution in [2.45, 2.75) is 20.3 Å². The van der Waals surface area contributed by atoms with Crippen LogP contribution in [0.5, 0.6) is 0 Å². The first-order valence-electron chi connectivity index (χ1n) is 50.1. The number of carbonyl (C=O) groups excluding carboxylic acids is 2. The summed E-state index contributed by atoms with van der Waals surface area (Å²) in [4.78, 5) is 50.6. The van der Waals surface area contributed by atoms with Crippen molar-refractivity contribution < 1.29 is 38.5 Å². The normalized spacial score (nSPS) is 11.8. The van der Waals surface area contributed by atoms with Crippen LogP contribution in [-0.2, 0) is 29.7 Å². The number of hydrogen-bond acceptors (Lipinski definition) is 10. The zero-order valence-corrected chi connectivity index (χ0v) is 83.5. The number of rotatable bonds is 16. The molecule has 28 aromatic carbocycles. The Morgan fingerprint density at radius 1 is 0.233 bits per heavy atom. The zero-order valence-electron chi connectivity index (χ0n) is 81.1. The molecule has 0 saturated carbocycles. The average Bonchev–Trinajstić information content (AvgIpc) is 0.723. The molecule has 30 rings (SSSR count). The van der Waals surface area contributed by atoms with Crippen molar-refractivity contribution in [3.63, 3.8) is 0 Å². The predicted octanol–water partition coefficient (Wildman–Crippen LogP) is 37.1. The average molecular weight is 2100 g/mol. The van der Waals surface area contributed by atoms with E-state index < -0.39 is 0 Å². The van der Waals surface area contributed by atoms with Crippen molar-refractivity contribution in [1.82, 2.24) is 19.9 Å². The number of anilines is 12. The molecule has 0 N–H and O–H groups in total. The van der Waals surface area contributed by atoms with Gasteiger partial charge in [0.15, 0.2) is 0 Å². The molecule has 2 heterocycles. The SMILES string of the molecule is CC(=O)CC(C)=O.Fc1ccc(-c2cnc3c4[c-]cc(N(c5ccccc5)c5cc6cccc7ccc8cccc5c8c76)cc4c4cc(N(c5ccccc5)c5cc6cccc7ccc8cccc5c8c76)ccc4c3n2)cc1.Fc1ccc(-c2cnc3c4[c-]cc(N(c5ccccc5)c5cc6cccc7ccc8cccc5c8c76)cc4c4cc(N(c5ccccc5)c5cc6cccc7ccc8cccc5c8c76)ccc4c3n2)cc1.[Ir+3]. The second kappa shape index (κ2) is 36.4. The molecule has 30 aromatic rings.